The van der Waals surface area contributed by atoms with Gasteiger partial charge in [-0.05, 0) is 24.3 Å². The van der Waals surface area contributed by atoms with Crippen LogP contribution in [0.25, 0.3) is 0 Å². The molecule has 0 saturated carbocycles. The molecular weight excluding hydrogens is 334 g/mol. The van der Waals surface area contributed by atoms with E-state index in [4.69, 9.17) is 0 Å². The molecule has 24 heavy (non-hydrogen) atoms. The number of nitrogens with zero attached hydrogens (tertiary/aromatic N) is 2. The first-order valence-electron chi connectivity index (χ1n) is 6.97. The number of pyridine rings is 1. The van der Waals surface area contributed by atoms with Crippen LogP contribution < -0.4 is 10.6 Å². The normalized spacial score (nSPS) is 10.4. The maximum atomic E-state index is 13.1. The van der Waals surface area contributed by atoms with Crippen molar-refractivity contribution in [1.82, 2.24) is 9.97 Å². The van der Waals surface area contributed by atoms with Crippen molar-refractivity contribution in [2.24, 2.45) is 0 Å². The summed E-state index contributed by atoms with van der Waals surface area (Å²) in [4.78, 5) is 20.4. The van der Waals surface area contributed by atoms with Gasteiger partial charge in [-0.15, -0.1) is 11.3 Å². The Morgan fingerprint density at radius 3 is 2.79 bits per heavy atom. The average Bonchev–Trinajstić information content (AvgIpc) is 2.99. The molecule has 2 N–H and O–H groups in total. The van der Waals surface area contributed by atoms with Gasteiger partial charge in [0.2, 0.25) is 5.91 Å². The van der Waals surface area contributed by atoms with Gasteiger partial charge in [0.25, 0.3) is 0 Å². The van der Waals surface area contributed by atoms with Crippen LogP contribution in [-0.4, -0.2) is 15.9 Å². The first-order chi connectivity index (χ1) is 11.6. The maximum Gasteiger partial charge on any atom is 0.230 e. The quantitative estimate of drug-likeness (QED) is 0.738. The molecule has 5 nitrogen and oxygen atoms in total. The highest BCUT2D eigenvalue weighted by molar-refractivity contribution is 7.13. The summed E-state index contributed by atoms with van der Waals surface area (Å²) in [5.41, 5.74) is 0.763. The summed E-state index contributed by atoms with van der Waals surface area (Å²) >= 11 is 1.35. The average molecular weight is 346 g/mol. The topological polar surface area (TPSA) is 66.9 Å². The van der Waals surface area contributed by atoms with Crippen molar-refractivity contribution in [2.75, 3.05) is 10.6 Å². The highest BCUT2D eigenvalue weighted by atomic mass is 32.1. The van der Waals surface area contributed by atoms with E-state index in [2.05, 4.69) is 20.6 Å². The van der Waals surface area contributed by atoms with Gasteiger partial charge in [0.15, 0.2) is 16.8 Å². The van der Waals surface area contributed by atoms with E-state index in [-0.39, 0.29) is 18.0 Å². The van der Waals surface area contributed by atoms with Crippen LogP contribution in [-0.2, 0) is 11.2 Å². The number of hydrogen-bond donors (Lipinski definition) is 2. The van der Waals surface area contributed by atoms with Crippen LogP contribution >= 0.6 is 11.3 Å². The smallest absolute Gasteiger partial charge is 0.230 e. The third-order valence-corrected chi connectivity index (χ3v) is 3.80. The molecule has 8 heteroatoms. The Morgan fingerprint density at radius 1 is 1.17 bits per heavy atom. The lowest BCUT2D eigenvalue weighted by Crippen LogP contribution is -2.14. The molecular formula is C16H12F2N4OS. The van der Waals surface area contributed by atoms with Crippen LogP contribution in [0.15, 0.2) is 48.0 Å². The van der Waals surface area contributed by atoms with E-state index < -0.39 is 11.6 Å². The van der Waals surface area contributed by atoms with Crippen LogP contribution in [0.5, 0.6) is 0 Å². The molecule has 0 aliphatic carbocycles. The van der Waals surface area contributed by atoms with Crippen molar-refractivity contribution in [3.63, 3.8) is 0 Å². The molecule has 0 atom stereocenters. The van der Waals surface area contributed by atoms with E-state index >= 15 is 0 Å². The standard InChI is InChI=1S/C16H12F2N4OS/c17-12-5-4-10(7-13(12)18)20-15(23)8-11-9-24-16(21-11)22-14-3-1-2-6-19-14/h1-7,9H,8H2,(H,20,23)(H,19,21,22). The molecule has 3 rings (SSSR count). The van der Waals surface area contributed by atoms with Gasteiger partial charge in [-0.25, -0.2) is 18.7 Å². The number of aromatic nitrogens is 2. The van der Waals surface area contributed by atoms with Crippen LogP contribution in [0.1, 0.15) is 5.69 Å². The third-order valence-electron chi connectivity index (χ3n) is 3.00. The first-order valence-corrected chi connectivity index (χ1v) is 7.85. The molecule has 122 valence electrons. The fourth-order valence-electron chi connectivity index (χ4n) is 1.94. The van der Waals surface area contributed by atoms with Crippen LogP contribution in [0.3, 0.4) is 0 Å². The number of benzene rings is 1. The summed E-state index contributed by atoms with van der Waals surface area (Å²) in [5.74, 6) is -1.68. The van der Waals surface area contributed by atoms with E-state index in [0.29, 0.717) is 16.6 Å². The minimum atomic E-state index is -1.01. The molecule has 0 unspecified atom stereocenters. The van der Waals surface area contributed by atoms with Gasteiger partial charge in [0.05, 0.1) is 12.1 Å². The van der Waals surface area contributed by atoms with Gasteiger partial charge in [-0.1, -0.05) is 6.07 Å². The molecule has 0 fully saturated rings. The summed E-state index contributed by atoms with van der Waals surface area (Å²) in [5, 5.41) is 7.90. The Balaban J connectivity index is 1.59. The molecule has 1 aromatic carbocycles. The Morgan fingerprint density at radius 2 is 2.04 bits per heavy atom. The fraction of sp³-hybridized carbons (Fsp3) is 0.0625. The van der Waals surface area contributed by atoms with Crippen molar-refractivity contribution in [2.45, 2.75) is 6.42 Å². The first kappa shape index (κ1) is 16.0. The third kappa shape index (κ3) is 4.11. The molecule has 3 aromatic rings. The zero-order chi connectivity index (χ0) is 16.9. The number of amides is 1. The Hall–Kier alpha value is -2.87. The number of halogens is 2. The summed E-state index contributed by atoms with van der Waals surface area (Å²) < 4.78 is 26.0. The van der Waals surface area contributed by atoms with Crippen molar-refractivity contribution < 1.29 is 13.6 Å². The minimum Gasteiger partial charge on any atom is -0.326 e. The Bertz CT molecular complexity index is 854. The maximum absolute atomic E-state index is 13.1. The van der Waals surface area contributed by atoms with Crippen LogP contribution in [0.2, 0.25) is 0 Å². The zero-order valence-corrected chi connectivity index (χ0v) is 13.1. The molecule has 0 spiro atoms. The van der Waals surface area contributed by atoms with Gasteiger partial charge in [0, 0.05) is 23.3 Å². The van der Waals surface area contributed by atoms with E-state index in [0.717, 1.165) is 12.1 Å². The number of carbonyl (C=O) groups is 1. The highest BCUT2D eigenvalue weighted by Crippen LogP contribution is 2.20. The zero-order valence-electron chi connectivity index (χ0n) is 12.3. The summed E-state index contributed by atoms with van der Waals surface area (Å²) in [6, 6.07) is 8.65. The minimum absolute atomic E-state index is 0.0272. The number of hydrogen-bond acceptors (Lipinski definition) is 5. The monoisotopic (exact) mass is 346 g/mol. The fourth-order valence-corrected chi connectivity index (χ4v) is 2.65. The molecule has 0 saturated heterocycles. The molecule has 0 bridgehead atoms. The second-order valence-electron chi connectivity index (χ2n) is 4.84. The van der Waals surface area contributed by atoms with Crippen LogP contribution in [0, 0.1) is 11.6 Å². The van der Waals surface area contributed by atoms with Gasteiger partial charge in [-0.3, -0.25) is 4.79 Å². The van der Waals surface area contributed by atoms with Crippen LogP contribution in [0.4, 0.5) is 25.4 Å². The lowest BCUT2D eigenvalue weighted by atomic mass is 10.2. The summed E-state index contributed by atoms with van der Waals surface area (Å²) in [6.45, 7) is 0. The molecule has 2 heterocycles. The summed E-state index contributed by atoms with van der Waals surface area (Å²) in [7, 11) is 0. The SMILES string of the molecule is O=C(Cc1csc(Nc2ccccn2)n1)Nc1ccc(F)c(F)c1. The van der Waals surface area contributed by atoms with Crippen molar-refractivity contribution in [1.29, 1.82) is 0 Å². The molecule has 0 aliphatic rings. The lowest BCUT2D eigenvalue weighted by molar-refractivity contribution is -0.115. The number of rotatable bonds is 5. The largest absolute Gasteiger partial charge is 0.326 e. The predicted octanol–water partition coefficient (Wildman–Crippen LogP) is 3.74. The van der Waals surface area contributed by atoms with E-state index in [1.165, 1.54) is 17.4 Å². The molecule has 2 aromatic heterocycles. The van der Waals surface area contributed by atoms with Crippen molar-refractivity contribution >= 4 is 33.9 Å². The predicted molar refractivity (Wildman–Crippen MR) is 88.3 cm³/mol. The van der Waals surface area contributed by atoms with Gasteiger partial charge in [-0.2, -0.15) is 0 Å². The molecule has 0 radical (unpaired) electrons. The second-order valence-corrected chi connectivity index (χ2v) is 5.70. The second kappa shape index (κ2) is 7.14. The summed E-state index contributed by atoms with van der Waals surface area (Å²) in [6.07, 6.45) is 1.69. The van der Waals surface area contributed by atoms with Gasteiger partial charge in [0.1, 0.15) is 5.82 Å². The number of anilines is 3. The number of thiazole rings is 1. The van der Waals surface area contributed by atoms with E-state index in [9.17, 15) is 13.6 Å². The Labute approximate surface area is 140 Å². The number of nitrogens with one attached hydrogen (secondary N) is 2. The Kier molecular flexibility index (Phi) is 4.76. The van der Waals surface area contributed by atoms with Gasteiger partial charge >= 0.3 is 0 Å². The highest BCUT2D eigenvalue weighted by Gasteiger charge is 2.10. The van der Waals surface area contributed by atoms with Crippen molar-refractivity contribution in [3.8, 4) is 0 Å². The van der Waals surface area contributed by atoms with Gasteiger partial charge < -0.3 is 10.6 Å². The van der Waals surface area contributed by atoms with Crippen molar-refractivity contribution in [3.05, 3.63) is 65.3 Å². The molecule has 1 amide bonds. The van der Waals surface area contributed by atoms with E-state index in [1.54, 1.807) is 23.7 Å². The lowest BCUT2D eigenvalue weighted by Gasteiger charge is -2.04. The number of carbonyl (C=O) groups excluding carboxylic acids is 1. The van der Waals surface area contributed by atoms with E-state index in [1.807, 2.05) is 6.07 Å². The molecule has 0 aliphatic heterocycles.